The van der Waals surface area contributed by atoms with Crippen LogP contribution in [0.2, 0.25) is 5.02 Å². The molecule has 0 amide bonds. The zero-order chi connectivity index (χ0) is 26.2. The number of aliphatic hydroxyl groups is 1. The first-order valence-corrected chi connectivity index (χ1v) is 13.3. The highest BCUT2D eigenvalue weighted by Gasteiger charge is 2.28. The number of pyridine rings is 1. The van der Waals surface area contributed by atoms with Gasteiger partial charge in [-0.25, -0.2) is 9.07 Å². The number of rotatable bonds is 7. The molecule has 0 saturated heterocycles. The van der Waals surface area contributed by atoms with Crippen LogP contribution in [0.4, 0.5) is 15.8 Å². The van der Waals surface area contributed by atoms with E-state index in [1.807, 2.05) is 16.9 Å². The number of nitrogens with zero attached hydrogens (tertiary/aromatic N) is 5. The number of benzene rings is 2. The molecule has 10 heteroatoms. The van der Waals surface area contributed by atoms with E-state index in [9.17, 15) is 14.8 Å². The molecule has 0 radical (unpaired) electrons. The van der Waals surface area contributed by atoms with Gasteiger partial charge >= 0.3 is 0 Å². The molecule has 6 rings (SSSR count). The van der Waals surface area contributed by atoms with Gasteiger partial charge in [0.25, 0.3) is 0 Å². The minimum atomic E-state index is -0.493. The lowest BCUT2D eigenvalue weighted by Crippen LogP contribution is -2.36. The van der Waals surface area contributed by atoms with Gasteiger partial charge in [0.05, 0.1) is 52.2 Å². The zero-order valence-electron chi connectivity index (χ0n) is 20.6. The fourth-order valence-corrected chi connectivity index (χ4v) is 5.41. The molecule has 8 nitrogen and oxygen atoms in total. The van der Waals surface area contributed by atoms with Crippen LogP contribution in [0, 0.1) is 17.1 Å². The number of fused-ring (bicyclic) bond motifs is 1. The van der Waals surface area contributed by atoms with Crippen molar-refractivity contribution in [1.82, 2.24) is 20.0 Å². The second-order valence-electron chi connectivity index (χ2n) is 10.1. The molecule has 1 unspecified atom stereocenters. The molecule has 0 aliphatic heterocycles. The lowest BCUT2D eigenvalue weighted by atomic mass is 9.92. The highest BCUT2D eigenvalue weighted by Crippen LogP contribution is 2.38. The molecule has 3 N–H and O–H groups in total. The summed E-state index contributed by atoms with van der Waals surface area (Å²) in [5, 5.41) is 37.2. The average Bonchev–Trinajstić information content (AvgIpc) is 3.66. The molecule has 2 saturated carbocycles. The van der Waals surface area contributed by atoms with Crippen molar-refractivity contribution in [3.63, 3.8) is 0 Å². The number of nitrogens with one attached hydrogen (secondary N) is 2. The lowest BCUT2D eigenvalue weighted by molar-refractivity contribution is 0.116. The Morgan fingerprint density at radius 2 is 1.92 bits per heavy atom. The van der Waals surface area contributed by atoms with Crippen molar-refractivity contribution < 1.29 is 9.50 Å². The molecule has 2 heterocycles. The fourth-order valence-electron chi connectivity index (χ4n) is 5.14. The third-order valence-electron chi connectivity index (χ3n) is 7.36. The monoisotopic (exact) mass is 531 g/mol. The molecule has 2 aliphatic rings. The van der Waals surface area contributed by atoms with Crippen LogP contribution in [-0.2, 0) is 0 Å². The Bertz CT molecular complexity index is 1510. The zero-order valence-corrected chi connectivity index (χ0v) is 21.4. The SMILES string of the molecule is N#Cc1cnc2c(Cl)cc(NC(c3ccc(F)cc3)c3cn(C4CC4)nn3)cc2c1N[C@H]1CCCC[C@@H]1O. The average molecular weight is 532 g/mol. The molecule has 38 heavy (non-hydrogen) atoms. The smallest absolute Gasteiger partial charge is 0.123 e. The number of hydrogen-bond acceptors (Lipinski definition) is 7. The second-order valence-corrected chi connectivity index (χ2v) is 10.5. The first kappa shape index (κ1) is 24.6. The molecule has 2 aromatic carbocycles. The Morgan fingerprint density at radius 1 is 1.13 bits per heavy atom. The molecule has 2 aromatic heterocycles. The van der Waals surface area contributed by atoms with E-state index in [1.54, 1.807) is 18.2 Å². The van der Waals surface area contributed by atoms with Crippen LogP contribution in [0.5, 0.6) is 0 Å². The molecular formula is C28H27ClFN7O. The van der Waals surface area contributed by atoms with Gasteiger partial charge in [-0.15, -0.1) is 5.10 Å². The van der Waals surface area contributed by atoms with Gasteiger partial charge in [0.15, 0.2) is 0 Å². The summed E-state index contributed by atoms with van der Waals surface area (Å²) in [6.45, 7) is 0. The number of aliphatic hydroxyl groups excluding tert-OH is 1. The number of nitriles is 1. The maximum Gasteiger partial charge on any atom is 0.123 e. The van der Waals surface area contributed by atoms with Crippen molar-refractivity contribution in [3.8, 4) is 6.07 Å². The molecule has 194 valence electrons. The fraction of sp³-hybridized carbons (Fsp3) is 0.357. The van der Waals surface area contributed by atoms with Crippen molar-refractivity contribution in [3.05, 3.63) is 76.5 Å². The number of anilines is 2. The highest BCUT2D eigenvalue weighted by molar-refractivity contribution is 6.35. The highest BCUT2D eigenvalue weighted by atomic mass is 35.5. The van der Waals surface area contributed by atoms with Gasteiger partial charge in [-0.3, -0.25) is 4.98 Å². The minimum Gasteiger partial charge on any atom is -0.391 e. The van der Waals surface area contributed by atoms with E-state index in [0.717, 1.165) is 44.1 Å². The summed E-state index contributed by atoms with van der Waals surface area (Å²) in [6, 6.07) is 12.0. The molecule has 4 aromatic rings. The van der Waals surface area contributed by atoms with Crippen molar-refractivity contribution >= 4 is 33.9 Å². The van der Waals surface area contributed by atoms with E-state index in [-0.39, 0.29) is 11.9 Å². The Kier molecular flexibility index (Phi) is 6.60. The third kappa shape index (κ3) is 4.89. The predicted molar refractivity (Wildman–Crippen MR) is 144 cm³/mol. The van der Waals surface area contributed by atoms with Crippen LogP contribution in [0.25, 0.3) is 10.9 Å². The predicted octanol–water partition coefficient (Wildman–Crippen LogP) is 5.74. The van der Waals surface area contributed by atoms with Gasteiger partial charge in [0.1, 0.15) is 17.6 Å². The van der Waals surface area contributed by atoms with Crippen LogP contribution in [-0.4, -0.2) is 37.2 Å². The summed E-state index contributed by atoms with van der Waals surface area (Å²) in [5.41, 5.74) is 3.74. The van der Waals surface area contributed by atoms with Crippen molar-refractivity contribution in [2.45, 2.75) is 62.8 Å². The maximum atomic E-state index is 13.7. The van der Waals surface area contributed by atoms with Gasteiger partial charge in [0, 0.05) is 17.3 Å². The van der Waals surface area contributed by atoms with Gasteiger partial charge in [0.2, 0.25) is 0 Å². The van der Waals surface area contributed by atoms with Crippen LogP contribution < -0.4 is 10.6 Å². The van der Waals surface area contributed by atoms with Crippen LogP contribution in [0.15, 0.2) is 48.8 Å². The summed E-state index contributed by atoms with van der Waals surface area (Å²) in [4.78, 5) is 4.45. The van der Waals surface area contributed by atoms with Gasteiger partial charge < -0.3 is 15.7 Å². The number of halogens is 2. The summed E-state index contributed by atoms with van der Waals surface area (Å²) in [6.07, 6.45) is 8.62. The minimum absolute atomic E-state index is 0.165. The lowest BCUT2D eigenvalue weighted by Gasteiger charge is -2.30. The van der Waals surface area contributed by atoms with Crippen molar-refractivity contribution in [2.75, 3.05) is 10.6 Å². The van der Waals surface area contributed by atoms with E-state index in [1.165, 1.54) is 18.3 Å². The molecule has 2 fully saturated rings. The van der Waals surface area contributed by atoms with E-state index in [4.69, 9.17) is 11.6 Å². The van der Waals surface area contributed by atoms with Gasteiger partial charge in [-0.05, 0) is 55.5 Å². The summed E-state index contributed by atoms with van der Waals surface area (Å²) in [7, 11) is 0. The second kappa shape index (κ2) is 10.2. The van der Waals surface area contributed by atoms with Crippen molar-refractivity contribution in [2.24, 2.45) is 0 Å². The normalized spacial score (nSPS) is 20.2. The number of hydrogen-bond donors (Lipinski definition) is 3. The van der Waals surface area contributed by atoms with Crippen LogP contribution >= 0.6 is 11.6 Å². The standard InChI is InChI=1S/C28H27ClFN7O/c29-22-12-19(11-21-26(17(13-31)14-32-28(21)22)34-23-3-1-2-4-25(23)38)33-27(16-5-7-18(30)8-6-16)24-15-37(36-35-24)20-9-10-20/h5-8,11-12,14-15,20,23,25,27,33,38H,1-4,9-10H2,(H,32,34)/t23-,25-,27?/m0/s1. The Morgan fingerprint density at radius 3 is 2.66 bits per heavy atom. The molecule has 0 spiro atoms. The quantitative estimate of drug-likeness (QED) is 0.278. The van der Waals surface area contributed by atoms with E-state index in [2.05, 4.69) is 32.0 Å². The van der Waals surface area contributed by atoms with Gasteiger partial charge in [-0.1, -0.05) is 41.8 Å². The van der Waals surface area contributed by atoms with Crippen LogP contribution in [0.1, 0.15) is 67.4 Å². The van der Waals surface area contributed by atoms with E-state index >= 15 is 0 Å². The van der Waals surface area contributed by atoms with Crippen molar-refractivity contribution in [1.29, 1.82) is 5.26 Å². The first-order chi connectivity index (χ1) is 18.5. The summed E-state index contributed by atoms with van der Waals surface area (Å²) in [5.74, 6) is -0.321. The Balaban J connectivity index is 1.41. The van der Waals surface area contributed by atoms with Crippen LogP contribution in [0.3, 0.4) is 0 Å². The van der Waals surface area contributed by atoms with E-state index in [0.29, 0.717) is 44.6 Å². The first-order valence-electron chi connectivity index (χ1n) is 12.9. The maximum absolute atomic E-state index is 13.7. The molecular weight excluding hydrogens is 505 g/mol. The van der Waals surface area contributed by atoms with E-state index < -0.39 is 12.1 Å². The topological polar surface area (TPSA) is 112 Å². The molecule has 2 aliphatic carbocycles. The Hall–Kier alpha value is -3.74. The number of aromatic nitrogens is 4. The molecule has 0 bridgehead atoms. The Labute approximate surface area is 224 Å². The third-order valence-corrected chi connectivity index (χ3v) is 7.65. The molecule has 3 atom stereocenters. The largest absolute Gasteiger partial charge is 0.391 e. The summed E-state index contributed by atoms with van der Waals surface area (Å²) >= 11 is 6.71. The summed E-state index contributed by atoms with van der Waals surface area (Å²) < 4.78 is 15.6. The van der Waals surface area contributed by atoms with Gasteiger partial charge in [-0.2, -0.15) is 5.26 Å².